The molecule has 0 saturated carbocycles. The predicted molar refractivity (Wildman–Crippen MR) is 87.7 cm³/mol. The lowest BCUT2D eigenvalue weighted by Gasteiger charge is -2.36. The third kappa shape index (κ3) is 4.73. The Bertz CT molecular complexity index is 505. The Labute approximate surface area is 137 Å². The van der Waals surface area contributed by atoms with Gasteiger partial charge in [0.2, 0.25) is 5.91 Å². The van der Waals surface area contributed by atoms with Crippen LogP contribution >= 0.6 is 0 Å². The summed E-state index contributed by atoms with van der Waals surface area (Å²) in [6, 6.07) is 5.74. The molecule has 0 bridgehead atoms. The van der Waals surface area contributed by atoms with Gasteiger partial charge in [0.25, 0.3) is 0 Å². The first-order chi connectivity index (χ1) is 11.2. The van der Waals surface area contributed by atoms with Gasteiger partial charge in [-0.2, -0.15) is 0 Å². The molecule has 2 aliphatic rings. The zero-order valence-corrected chi connectivity index (χ0v) is 13.5. The van der Waals surface area contributed by atoms with Gasteiger partial charge in [0.15, 0.2) is 0 Å². The van der Waals surface area contributed by atoms with Crippen LogP contribution in [0.15, 0.2) is 24.4 Å². The minimum atomic E-state index is -0.519. The molecule has 0 aliphatic carbocycles. The third-order valence-electron chi connectivity index (χ3n) is 4.69. The van der Waals surface area contributed by atoms with Gasteiger partial charge in [0, 0.05) is 25.8 Å². The Kier molecular flexibility index (Phi) is 5.59. The van der Waals surface area contributed by atoms with E-state index in [4.69, 9.17) is 0 Å². The molecule has 2 saturated heterocycles. The number of aliphatic hydroxyl groups excluding tert-OH is 1. The van der Waals surface area contributed by atoms with Gasteiger partial charge in [0.05, 0.1) is 24.4 Å². The smallest absolute Gasteiger partial charge is 0.234 e. The fourth-order valence-electron chi connectivity index (χ4n) is 3.43. The molecule has 3 heterocycles. The van der Waals surface area contributed by atoms with Gasteiger partial charge in [-0.15, -0.1) is 0 Å². The highest BCUT2D eigenvalue weighted by Crippen LogP contribution is 2.14. The number of nitrogens with one attached hydrogen (secondary N) is 1. The topological polar surface area (TPSA) is 68.7 Å². The van der Waals surface area contributed by atoms with Crippen molar-refractivity contribution >= 4 is 5.91 Å². The Hall–Kier alpha value is -1.50. The number of aliphatic hydroxyl groups is 1. The molecule has 2 atom stereocenters. The van der Waals surface area contributed by atoms with E-state index in [1.54, 1.807) is 6.20 Å². The molecule has 0 unspecified atom stereocenters. The van der Waals surface area contributed by atoms with Crippen molar-refractivity contribution in [1.82, 2.24) is 20.1 Å². The van der Waals surface area contributed by atoms with E-state index >= 15 is 0 Å². The second-order valence-electron chi connectivity index (χ2n) is 6.57. The summed E-state index contributed by atoms with van der Waals surface area (Å²) in [6.45, 7) is 4.66. The van der Waals surface area contributed by atoms with Crippen LogP contribution in [0.4, 0.5) is 0 Å². The zero-order valence-electron chi connectivity index (χ0n) is 13.5. The fraction of sp³-hybridized carbons (Fsp3) is 0.647. The van der Waals surface area contributed by atoms with E-state index in [9.17, 15) is 9.90 Å². The molecule has 0 radical (unpaired) electrons. The average Bonchev–Trinajstić information content (AvgIpc) is 3.04. The van der Waals surface area contributed by atoms with E-state index in [0.717, 1.165) is 38.3 Å². The molecule has 126 valence electrons. The second kappa shape index (κ2) is 7.86. The van der Waals surface area contributed by atoms with Gasteiger partial charge in [-0.1, -0.05) is 6.07 Å². The quantitative estimate of drug-likeness (QED) is 0.813. The molecule has 6 heteroatoms. The molecule has 6 nitrogen and oxygen atoms in total. The number of β-amino-alcohol motifs (C(OH)–C–C–N with tert-alkyl or cyclic N) is 1. The molecule has 2 fully saturated rings. The SMILES string of the molecule is O=C(CN1CCCC1)N[C@@H]1CCN(Cc2ccccn2)C[C@H]1O. The molecule has 0 aromatic carbocycles. The molecular weight excluding hydrogens is 292 g/mol. The molecule has 23 heavy (non-hydrogen) atoms. The second-order valence-corrected chi connectivity index (χ2v) is 6.57. The van der Waals surface area contributed by atoms with Gasteiger partial charge in [0.1, 0.15) is 0 Å². The number of rotatable bonds is 5. The number of nitrogens with zero attached hydrogens (tertiary/aromatic N) is 3. The Morgan fingerprint density at radius 3 is 2.78 bits per heavy atom. The van der Waals surface area contributed by atoms with Crippen LogP contribution in [0.1, 0.15) is 25.0 Å². The van der Waals surface area contributed by atoms with E-state index in [1.165, 1.54) is 12.8 Å². The first-order valence-electron chi connectivity index (χ1n) is 8.53. The van der Waals surface area contributed by atoms with Crippen LogP contribution in [0, 0.1) is 0 Å². The van der Waals surface area contributed by atoms with Crippen molar-refractivity contribution in [2.24, 2.45) is 0 Å². The van der Waals surface area contributed by atoms with E-state index in [-0.39, 0.29) is 11.9 Å². The van der Waals surface area contributed by atoms with Crippen LogP contribution in [-0.4, -0.2) is 70.7 Å². The lowest BCUT2D eigenvalue weighted by atomic mass is 10.0. The van der Waals surface area contributed by atoms with E-state index < -0.39 is 6.10 Å². The number of hydrogen-bond donors (Lipinski definition) is 2. The van der Waals surface area contributed by atoms with Crippen LogP contribution in [-0.2, 0) is 11.3 Å². The van der Waals surface area contributed by atoms with Crippen molar-refractivity contribution in [1.29, 1.82) is 0 Å². The normalized spacial score (nSPS) is 26.3. The standard InChI is InChI=1S/C17H26N4O2/c22-16-12-21(11-14-5-1-2-7-18-14)10-6-15(16)19-17(23)13-20-8-3-4-9-20/h1-2,5,7,15-16,22H,3-4,6,8-13H2,(H,19,23)/t15-,16-/m1/s1. The number of pyridine rings is 1. The summed E-state index contributed by atoms with van der Waals surface area (Å²) >= 11 is 0. The Balaban J connectivity index is 1.43. The van der Waals surface area contributed by atoms with Crippen molar-refractivity contribution < 1.29 is 9.90 Å². The molecular formula is C17H26N4O2. The summed E-state index contributed by atoms with van der Waals surface area (Å²) < 4.78 is 0. The van der Waals surface area contributed by atoms with Crippen LogP contribution in [0.2, 0.25) is 0 Å². The molecule has 2 aliphatic heterocycles. The maximum Gasteiger partial charge on any atom is 0.234 e. The van der Waals surface area contributed by atoms with Gasteiger partial charge in [-0.25, -0.2) is 0 Å². The number of hydrogen-bond acceptors (Lipinski definition) is 5. The molecule has 1 aromatic heterocycles. The van der Waals surface area contributed by atoms with E-state index in [1.807, 2.05) is 18.2 Å². The molecule has 1 aromatic rings. The van der Waals surface area contributed by atoms with Gasteiger partial charge >= 0.3 is 0 Å². The van der Waals surface area contributed by atoms with Crippen molar-refractivity contribution in [3.05, 3.63) is 30.1 Å². The lowest BCUT2D eigenvalue weighted by molar-refractivity contribution is -0.124. The number of carbonyl (C=O) groups is 1. The Morgan fingerprint density at radius 1 is 1.26 bits per heavy atom. The largest absolute Gasteiger partial charge is 0.390 e. The maximum atomic E-state index is 12.1. The first kappa shape index (κ1) is 16.4. The zero-order chi connectivity index (χ0) is 16.1. The van der Waals surface area contributed by atoms with E-state index in [0.29, 0.717) is 13.1 Å². The number of aromatic nitrogens is 1. The van der Waals surface area contributed by atoms with Crippen molar-refractivity contribution in [2.45, 2.75) is 38.0 Å². The van der Waals surface area contributed by atoms with Crippen LogP contribution in [0.5, 0.6) is 0 Å². The lowest BCUT2D eigenvalue weighted by Crippen LogP contribution is -2.55. The number of piperidine rings is 1. The van der Waals surface area contributed by atoms with Gasteiger partial charge in [-0.05, 0) is 44.5 Å². The van der Waals surface area contributed by atoms with Gasteiger partial charge < -0.3 is 10.4 Å². The summed E-state index contributed by atoms with van der Waals surface area (Å²) in [5.74, 6) is 0.0362. The number of amides is 1. The highest BCUT2D eigenvalue weighted by Gasteiger charge is 2.29. The molecule has 2 N–H and O–H groups in total. The Morgan fingerprint density at radius 2 is 2.09 bits per heavy atom. The highest BCUT2D eigenvalue weighted by atomic mass is 16.3. The minimum absolute atomic E-state index is 0.0362. The average molecular weight is 318 g/mol. The number of likely N-dealkylation sites (tertiary alicyclic amines) is 2. The summed E-state index contributed by atoms with van der Waals surface area (Å²) in [6.07, 6.45) is 4.41. The summed E-state index contributed by atoms with van der Waals surface area (Å²) in [5, 5.41) is 13.3. The fourth-order valence-corrected chi connectivity index (χ4v) is 3.43. The van der Waals surface area contributed by atoms with Crippen LogP contribution < -0.4 is 5.32 Å². The van der Waals surface area contributed by atoms with Crippen molar-refractivity contribution in [2.75, 3.05) is 32.7 Å². The summed E-state index contributed by atoms with van der Waals surface area (Å²) in [7, 11) is 0. The molecule has 1 amide bonds. The number of carbonyl (C=O) groups excluding carboxylic acids is 1. The van der Waals surface area contributed by atoms with Crippen molar-refractivity contribution in [3.63, 3.8) is 0 Å². The molecule has 0 spiro atoms. The van der Waals surface area contributed by atoms with Gasteiger partial charge in [-0.3, -0.25) is 19.6 Å². The highest BCUT2D eigenvalue weighted by molar-refractivity contribution is 5.78. The monoisotopic (exact) mass is 318 g/mol. The van der Waals surface area contributed by atoms with E-state index in [2.05, 4.69) is 20.1 Å². The summed E-state index contributed by atoms with van der Waals surface area (Å²) in [5.41, 5.74) is 1.01. The third-order valence-corrected chi connectivity index (χ3v) is 4.69. The van der Waals surface area contributed by atoms with Crippen molar-refractivity contribution in [3.8, 4) is 0 Å². The minimum Gasteiger partial charge on any atom is -0.390 e. The first-order valence-corrected chi connectivity index (χ1v) is 8.53. The summed E-state index contributed by atoms with van der Waals surface area (Å²) in [4.78, 5) is 20.8. The molecule has 3 rings (SSSR count). The predicted octanol–water partition coefficient (Wildman–Crippen LogP) is 0.229. The maximum absolute atomic E-state index is 12.1. The van der Waals surface area contributed by atoms with Crippen LogP contribution in [0.3, 0.4) is 0 Å². The van der Waals surface area contributed by atoms with Crippen LogP contribution in [0.25, 0.3) is 0 Å².